The van der Waals surface area contributed by atoms with Gasteiger partial charge in [0.05, 0.1) is 11.7 Å². The fraction of sp³-hybridized carbons (Fsp3) is 0.533. The van der Waals surface area contributed by atoms with Gasteiger partial charge in [0.1, 0.15) is 0 Å². The number of carbonyl (C=O) groups excluding carboxylic acids is 1. The number of benzene rings is 1. The van der Waals surface area contributed by atoms with Crippen molar-refractivity contribution in [1.29, 1.82) is 0 Å². The van der Waals surface area contributed by atoms with Gasteiger partial charge in [-0.05, 0) is 19.4 Å². The number of nitrogens with one attached hydrogen (secondary N) is 2. The third kappa shape index (κ3) is 6.54. The Morgan fingerprint density at radius 3 is 2.55 bits per heavy atom. The van der Waals surface area contributed by atoms with Crippen LogP contribution >= 0.6 is 0 Å². The third-order valence-electron chi connectivity index (χ3n) is 3.04. The second kappa shape index (κ2) is 7.87. The molecule has 0 fully saturated rings. The summed E-state index contributed by atoms with van der Waals surface area (Å²) in [4.78, 5) is 11.6. The zero-order chi connectivity index (χ0) is 15.0. The van der Waals surface area contributed by atoms with Crippen LogP contribution in [0.25, 0.3) is 0 Å². The van der Waals surface area contributed by atoms with Crippen LogP contribution in [0, 0.1) is 0 Å². The molecule has 1 rings (SSSR count). The van der Waals surface area contributed by atoms with Crippen LogP contribution in [-0.2, 0) is 11.2 Å². The first kappa shape index (κ1) is 16.5. The number of hydrogen-bond acceptors (Lipinski definition) is 3. The van der Waals surface area contributed by atoms with Gasteiger partial charge in [-0.15, -0.1) is 0 Å². The smallest absolute Gasteiger partial charge is 0.314 e. The van der Waals surface area contributed by atoms with Crippen molar-refractivity contribution in [1.82, 2.24) is 10.6 Å². The van der Waals surface area contributed by atoms with Crippen molar-refractivity contribution in [2.24, 2.45) is 0 Å². The highest BCUT2D eigenvalue weighted by Crippen LogP contribution is 2.04. The highest BCUT2D eigenvalue weighted by atomic mass is 16.5. The van der Waals surface area contributed by atoms with Crippen molar-refractivity contribution in [3.05, 3.63) is 35.9 Å². The van der Waals surface area contributed by atoms with Crippen LogP contribution in [0.2, 0.25) is 0 Å². The van der Waals surface area contributed by atoms with Gasteiger partial charge in [-0.2, -0.15) is 0 Å². The minimum Gasteiger partial charge on any atom is -0.391 e. The summed E-state index contributed by atoms with van der Waals surface area (Å²) < 4.78 is 5.20. The van der Waals surface area contributed by atoms with Crippen LogP contribution in [0.5, 0.6) is 0 Å². The van der Waals surface area contributed by atoms with Gasteiger partial charge in [0.15, 0.2) is 0 Å². The summed E-state index contributed by atoms with van der Waals surface area (Å²) in [7, 11) is 1.60. The standard InChI is InChI=1S/C15H24N2O3/c1-15(2,20-3)11-17-14(19)16-10-13(18)9-12-7-5-4-6-8-12/h4-8,13,18H,9-11H2,1-3H3,(H2,16,17,19). The lowest BCUT2D eigenvalue weighted by molar-refractivity contribution is 0.0253. The molecule has 0 saturated heterocycles. The predicted octanol–water partition coefficient (Wildman–Crippen LogP) is 1.31. The van der Waals surface area contributed by atoms with Crippen molar-refractivity contribution >= 4 is 6.03 Å². The molecule has 3 N–H and O–H groups in total. The maximum absolute atomic E-state index is 11.6. The average molecular weight is 280 g/mol. The lowest BCUT2D eigenvalue weighted by atomic mass is 10.1. The zero-order valence-electron chi connectivity index (χ0n) is 12.3. The van der Waals surface area contributed by atoms with Crippen LogP contribution < -0.4 is 10.6 Å². The van der Waals surface area contributed by atoms with Crippen LogP contribution in [0.1, 0.15) is 19.4 Å². The monoisotopic (exact) mass is 280 g/mol. The van der Waals surface area contributed by atoms with Gasteiger partial charge < -0.3 is 20.5 Å². The number of rotatable bonds is 7. The molecule has 5 nitrogen and oxygen atoms in total. The van der Waals surface area contributed by atoms with Crippen molar-refractivity contribution in [3.8, 4) is 0 Å². The number of aliphatic hydroxyl groups is 1. The molecule has 1 aromatic rings. The number of hydrogen-bond donors (Lipinski definition) is 3. The molecule has 112 valence electrons. The predicted molar refractivity (Wildman–Crippen MR) is 78.6 cm³/mol. The fourth-order valence-corrected chi connectivity index (χ4v) is 1.60. The molecule has 0 aliphatic rings. The molecule has 1 atom stereocenters. The third-order valence-corrected chi connectivity index (χ3v) is 3.04. The quantitative estimate of drug-likeness (QED) is 0.705. The van der Waals surface area contributed by atoms with E-state index in [0.717, 1.165) is 5.56 Å². The lowest BCUT2D eigenvalue weighted by Gasteiger charge is -2.23. The fourth-order valence-electron chi connectivity index (χ4n) is 1.60. The number of aliphatic hydroxyl groups excluding tert-OH is 1. The average Bonchev–Trinajstić information content (AvgIpc) is 2.44. The van der Waals surface area contributed by atoms with Crippen LogP contribution in [-0.4, -0.2) is 43.0 Å². The van der Waals surface area contributed by atoms with Crippen molar-refractivity contribution in [2.75, 3.05) is 20.2 Å². The zero-order valence-corrected chi connectivity index (χ0v) is 12.3. The molecule has 0 saturated carbocycles. The molecule has 1 aromatic carbocycles. The molecular formula is C15H24N2O3. The Morgan fingerprint density at radius 1 is 1.30 bits per heavy atom. The minimum atomic E-state index is -0.599. The Balaban J connectivity index is 2.24. The van der Waals surface area contributed by atoms with Gasteiger partial charge in [-0.25, -0.2) is 4.79 Å². The minimum absolute atomic E-state index is 0.216. The lowest BCUT2D eigenvalue weighted by Crippen LogP contribution is -2.46. The second-order valence-electron chi connectivity index (χ2n) is 5.37. The summed E-state index contributed by atoms with van der Waals surface area (Å²) in [5.74, 6) is 0. The summed E-state index contributed by atoms with van der Waals surface area (Å²) in [6.07, 6.45) is -0.0800. The van der Waals surface area contributed by atoms with Crippen LogP contribution in [0.3, 0.4) is 0 Å². The number of carbonyl (C=O) groups is 1. The number of urea groups is 1. The summed E-state index contributed by atoms with van der Waals surface area (Å²) in [5, 5.41) is 15.2. The highest BCUT2D eigenvalue weighted by Gasteiger charge is 2.17. The number of ether oxygens (including phenoxy) is 1. The molecule has 0 bridgehead atoms. The van der Waals surface area contributed by atoms with Crippen molar-refractivity contribution in [2.45, 2.75) is 32.0 Å². The van der Waals surface area contributed by atoms with E-state index in [0.29, 0.717) is 13.0 Å². The van der Waals surface area contributed by atoms with Crippen LogP contribution in [0.15, 0.2) is 30.3 Å². The van der Waals surface area contributed by atoms with Gasteiger partial charge >= 0.3 is 6.03 Å². The van der Waals surface area contributed by atoms with Crippen LogP contribution in [0.4, 0.5) is 4.79 Å². The van der Waals surface area contributed by atoms with Gasteiger partial charge in [-0.3, -0.25) is 0 Å². The van der Waals surface area contributed by atoms with Gasteiger partial charge in [0.25, 0.3) is 0 Å². The Labute approximate surface area is 120 Å². The summed E-state index contributed by atoms with van der Waals surface area (Å²) in [6.45, 7) is 4.40. The number of methoxy groups -OCH3 is 1. The van der Waals surface area contributed by atoms with Crippen molar-refractivity contribution < 1.29 is 14.6 Å². The topological polar surface area (TPSA) is 70.6 Å². The largest absolute Gasteiger partial charge is 0.391 e. The first-order valence-electron chi connectivity index (χ1n) is 6.72. The van der Waals surface area contributed by atoms with E-state index in [2.05, 4.69) is 10.6 Å². The van der Waals surface area contributed by atoms with E-state index in [1.807, 2.05) is 44.2 Å². The van der Waals surface area contributed by atoms with E-state index >= 15 is 0 Å². The van der Waals surface area contributed by atoms with E-state index in [9.17, 15) is 9.90 Å². The first-order chi connectivity index (χ1) is 9.43. The summed E-state index contributed by atoms with van der Waals surface area (Å²) >= 11 is 0. The molecule has 5 heteroatoms. The van der Waals surface area contributed by atoms with E-state index in [1.54, 1.807) is 7.11 Å². The molecule has 2 amide bonds. The normalized spacial score (nSPS) is 12.8. The number of amides is 2. The molecule has 20 heavy (non-hydrogen) atoms. The molecule has 0 aromatic heterocycles. The Morgan fingerprint density at radius 2 is 1.95 bits per heavy atom. The maximum Gasteiger partial charge on any atom is 0.314 e. The van der Waals surface area contributed by atoms with E-state index < -0.39 is 11.7 Å². The van der Waals surface area contributed by atoms with Crippen molar-refractivity contribution in [3.63, 3.8) is 0 Å². The summed E-state index contributed by atoms with van der Waals surface area (Å²) in [5.41, 5.74) is 0.641. The van der Waals surface area contributed by atoms with E-state index in [-0.39, 0.29) is 12.6 Å². The van der Waals surface area contributed by atoms with Gasteiger partial charge in [0.2, 0.25) is 0 Å². The highest BCUT2D eigenvalue weighted by molar-refractivity contribution is 5.73. The SMILES string of the molecule is COC(C)(C)CNC(=O)NCC(O)Cc1ccccc1. The molecule has 0 radical (unpaired) electrons. The summed E-state index contributed by atoms with van der Waals surface area (Å²) in [6, 6.07) is 9.38. The molecular weight excluding hydrogens is 256 g/mol. The first-order valence-corrected chi connectivity index (χ1v) is 6.72. The Hall–Kier alpha value is -1.59. The molecule has 0 spiro atoms. The van der Waals surface area contributed by atoms with Gasteiger partial charge in [0, 0.05) is 26.6 Å². The Bertz CT molecular complexity index is 407. The molecule has 1 unspecified atom stereocenters. The molecule has 0 heterocycles. The van der Waals surface area contributed by atoms with E-state index in [4.69, 9.17) is 4.74 Å². The maximum atomic E-state index is 11.6. The Kier molecular flexibility index (Phi) is 6.48. The molecule has 0 aliphatic carbocycles. The van der Waals surface area contributed by atoms with E-state index in [1.165, 1.54) is 0 Å². The molecule has 0 aliphatic heterocycles. The second-order valence-corrected chi connectivity index (χ2v) is 5.37. The van der Waals surface area contributed by atoms with Gasteiger partial charge in [-0.1, -0.05) is 30.3 Å².